The van der Waals surface area contributed by atoms with Crippen molar-refractivity contribution >= 4 is 22.8 Å². The van der Waals surface area contributed by atoms with Crippen LogP contribution in [0.2, 0.25) is 0 Å². The number of nitrogens with one attached hydrogen (secondary N) is 1. The third-order valence-corrected chi connectivity index (χ3v) is 5.90. The normalized spacial score (nSPS) is 14.9. The van der Waals surface area contributed by atoms with E-state index in [0.29, 0.717) is 24.8 Å². The maximum atomic E-state index is 12.9. The molecule has 0 atom stereocenters. The van der Waals surface area contributed by atoms with Crippen LogP contribution in [0, 0.1) is 6.92 Å². The van der Waals surface area contributed by atoms with Crippen LogP contribution in [-0.4, -0.2) is 42.1 Å². The van der Waals surface area contributed by atoms with Gasteiger partial charge in [0.1, 0.15) is 5.52 Å². The maximum Gasteiger partial charge on any atom is 0.330 e. The standard InChI is InChI=1S/C22H25N7O2/c1-14-10-15(16-11-24-27(2)13-16)4-5-18(14)25-21-23-12-19-20(26-21)29(22(30)28(19)3)17-6-8-31-9-7-17/h4-5,10-13,17H,6-9H2,1-3H3,(H,23,25,26). The fourth-order valence-corrected chi connectivity index (χ4v) is 4.14. The van der Waals surface area contributed by atoms with Gasteiger partial charge in [-0.1, -0.05) is 6.07 Å². The van der Waals surface area contributed by atoms with Gasteiger partial charge in [-0.2, -0.15) is 10.1 Å². The number of nitrogens with zero attached hydrogens (tertiary/aromatic N) is 6. The van der Waals surface area contributed by atoms with Crippen molar-refractivity contribution in [1.82, 2.24) is 28.9 Å². The summed E-state index contributed by atoms with van der Waals surface area (Å²) in [6, 6.07) is 6.26. The molecule has 160 valence electrons. The Bertz CT molecular complexity index is 1310. The molecule has 31 heavy (non-hydrogen) atoms. The molecule has 0 unspecified atom stereocenters. The molecule has 0 aliphatic carbocycles. The number of aryl methyl sites for hydroxylation is 3. The highest BCUT2D eigenvalue weighted by molar-refractivity contribution is 5.74. The maximum absolute atomic E-state index is 12.9. The van der Waals surface area contributed by atoms with Crippen molar-refractivity contribution in [3.63, 3.8) is 0 Å². The van der Waals surface area contributed by atoms with E-state index in [1.165, 1.54) is 0 Å². The summed E-state index contributed by atoms with van der Waals surface area (Å²) in [7, 11) is 3.67. The van der Waals surface area contributed by atoms with Crippen LogP contribution < -0.4 is 11.0 Å². The van der Waals surface area contributed by atoms with E-state index in [-0.39, 0.29) is 11.7 Å². The second kappa shape index (κ2) is 7.66. The molecule has 0 saturated carbocycles. The van der Waals surface area contributed by atoms with Gasteiger partial charge in [0, 0.05) is 50.8 Å². The number of fused-ring (bicyclic) bond motifs is 1. The van der Waals surface area contributed by atoms with Gasteiger partial charge in [-0.15, -0.1) is 0 Å². The predicted octanol–water partition coefficient (Wildman–Crippen LogP) is 2.93. The van der Waals surface area contributed by atoms with Gasteiger partial charge in [-0.05, 0) is 43.0 Å². The summed E-state index contributed by atoms with van der Waals surface area (Å²) in [5.41, 5.74) is 5.48. The predicted molar refractivity (Wildman–Crippen MR) is 119 cm³/mol. The van der Waals surface area contributed by atoms with E-state index in [2.05, 4.69) is 21.5 Å². The fraction of sp³-hybridized carbons (Fsp3) is 0.364. The number of anilines is 2. The van der Waals surface area contributed by atoms with Crippen LogP contribution in [0.25, 0.3) is 22.3 Å². The van der Waals surface area contributed by atoms with Crippen LogP contribution in [0.4, 0.5) is 11.6 Å². The molecular formula is C22H25N7O2. The van der Waals surface area contributed by atoms with Gasteiger partial charge in [0.2, 0.25) is 5.95 Å². The Kier molecular flexibility index (Phi) is 4.82. The number of rotatable bonds is 4. The zero-order chi connectivity index (χ0) is 21.5. The molecule has 9 nitrogen and oxygen atoms in total. The third-order valence-electron chi connectivity index (χ3n) is 5.90. The van der Waals surface area contributed by atoms with Gasteiger partial charge in [0.25, 0.3) is 0 Å². The Labute approximate surface area is 179 Å². The summed E-state index contributed by atoms with van der Waals surface area (Å²) < 4.78 is 10.7. The van der Waals surface area contributed by atoms with Crippen LogP contribution in [0.15, 0.2) is 41.6 Å². The molecule has 1 aliphatic heterocycles. The Morgan fingerprint density at radius 1 is 1.13 bits per heavy atom. The summed E-state index contributed by atoms with van der Waals surface area (Å²) in [6.45, 7) is 3.36. The molecule has 1 aromatic carbocycles. The zero-order valence-corrected chi connectivity index (χ0v) is 17.9. The summed E-state index contributed by atoms with van der Waals surface area (Å²) in [5.74, 6) is 0.469. The summed E-state index contributed by atoms with van der Waals surface area (Å²) in [6.07, 6.45) is 7.16. The van der Waals surface area contributed by atoms with Crippen molar-refractivity contribution in [1.29, 1.82) is 0 Å². The van der Waals surface area contributed by atoms with E-state index in [1.54, 1.807) is 27.1 Å². The number of imidazole rings is 1. The first-order valence-corrected chi connectivity index (χ1v) is 10.4. The highest BCUT2D eigenvalue weighted by Gasteiger charge is 2.23. The molecule has 1 aliphatic rings. The van der Waals surface area contributed by atoms with Gasteiger partial charge >= 0.3 is 5.69 Å². The Morgan fingerprint density at radius 3 is 2.65 bits per heavy atom. The first kappa shape index (κ1) is 19.5. The van der Waals surface area contributed by atoms with Crippen molar-refractivity contribution in [3.05, 3.63) is 52.8 Å². The monoisotopic (exact) mass is 419 g/mol. The molecule has 4 heterocycles. The minimum absolute atomic E-state index is 0.0645. The van der Waals surface area contributed by atoms with Crippen LogP contribution in [0.3, 0.4) is 0 Å². The minimum Gasteiger partial charge on any atom is -0.381 e. The first-order chi connectivity index (χ1) is 15.0. The lowest BCUT2D eigenvalue weighted by Crippen LogP contribution is -2.30. The van der Waals surface area contributed by atoms with E-state index >= 15 is 0 Å². The van der Waals surface area contributed by atoms with E-state index < -0.39 is 0 Å². The molecule has 4 aromatic rings. The Balaban J connectivity index is 1.49. The van der Waals surface area contributed by atoms with Crippen molar-refractivity contribution in [2.24, 2.45) is 14.1 Å². The highest BCUT2D eigenvalue weighted by atomic mass is 16.5. The van der Waals surface area contributed by atoms with Gasteiger partial charge < -0.3 is 10.1 Å². The SMILES string of the molecule is Cc1cc(-c2cnn(C)c2)ccc1Nc1ncc2c(n1)n(C1CCOCC1)c(=O)n2C. The molecule has 1 N–H and O–H groups in total. The second-order valence-electron chi connectivity index (χ2n) is 8.01. The smallest absolute Gasteiger partial charge is 0.330 e. The molecule has 5 rings (SSSR count). The first-order valence-electron chi connectivity index (χ1n) is 10.4. The average molecular weight is 419 g/mol. The molecule has 3 aromatic heterocycles. The van der Waals surface area contributed by atoms with Gasteiger partial charge in [0.05, 0.1) is 12.4 Å². The molecule has 0 bridgehead atoms. The Morgan fingerprint density at radius 2 is 1.94 bits per heavy atom. The quantitative estimate of drug-likeness (QED) is 0.547. The lowest BCUT2D eigenvalue weighted by Gasteiger charge is -2.22. The third kappa shape index (κ3) is 3.50. The number of hydrogen-bond donors (Lipinski definition) is 1. The topological polar surface area (TPSA) is 91.8 Å². The van der Waals surface area contributed by atoms with Crippen LogP contribution in [-0.2, 0) is 18.8 Å². The van der Waals surface area contributed by atoms with Crippen molar-refractivity contribution < 1.29 is 4.74 Å². The molecule has 1 fully saturated rings. The van der Waals surface area contributed by atoms with Crippen LogP contribution in [0.5, 0.6) is 0 Å². The fourth-order valence-electron chi connectivity index (χ4n) is 4.14. The Hall–Kier alpha value is -3.46. The highest BCUT2D eigenvalue weighted by Crippen LogP contribution is 2.27. The van der Waals surface area contributed by atoms with Crippen LogP contribution in [0.1, 0.15) is 24.4 Å². The van der Waals surface area contributed by atoms with Gasteiger partial charge in [-0.3, -0.25) is 13.8 Å². The van der Waals surface area contributed by atoms with Gasteiger partial charge in [-0.25, -0.2) is 9.78 Å². The van der Waals surface area contributed by atoms with Crippen molar-refractivity contribution in [2.45, 2.75) is 25.8 Å². The van der Waals surface area contributed by atoms with Crippen molar-refractivity contribution in [2.75, 3.05) is 18.5 Å². The lowest BCUT2D eigenvalue weighted by molar-refractivity contribution is 0.0695. The van der Waals surface area contributed by atoms with E-state index in [4.69, 9.17) is 9.72 Å². The van der Waals surface area contributed by atoms with Crippen LogP contribution >= 0.6 is 0 Å². The molecule has 1 saturated heterocycles. The largest absolute Gasteiger partial charge is 0.381 e. The molecule has 0 radical (unpaired) electrons. The summed E-state index contributed by atoms with van der Waals surface area (Å²) >= 11 is 0. The second-order valence-corrected chi connectivity index (χ2v) is 8.01. The number of aromatic nitrogens is 6. The summed E-state index contributed by atoms with van der Waals surface area (Å²) in [5, 5.41) is 7.56. The number of ether oxygens (including phenoxy) is 1. The molecule has 9 heteroatoms. The van der Waals surface area contributed by atoms with Gasteiger partial charge in [0.15, 0.2) is 5.65 Å². The number of hydrogen-bond acceptors (Lipinski definition) is 6. The minimum atomic E-state index is -0.0645. The molecular weight excluding hydrogens is 394 g/mol. The molecule has 0 spiro atoms. The average Bonchev–Trinajstić information content (AvgIpc) is 3.31. The zero-order valence-electron chi connectivity index (χ0n) is 17.9. The lowest BCUT2D eigenvalue weighted by atomic mass is 10.1. The number of benzene rings is 1. The van der Waals surface area contributed by atoms with Crippen molar-refractivity contribution in [3.8, 4) is 11.1 Å². The van der Waals surface area contributed by atoms with E-state index in [0.717, 1.165) is 40.7 Å². The summed E-state index contributed by atoms with van der Waals surface area (Å²) in [4.78, 5) is 22.0. The molecule has 0 amide bonds. The van der Waals surface area contributed by atoms with E-state index in [9.17, 15) is 4.79 Å². The van der Waals surface area contributed by atoms with E-state index in [1.807, 2.05) is 38.5 Å².